The Hall–Kier alpha value is -0.530. The molecule has 0 radical (unpaired) electrons. The predicted octanol–water partition coefficient (Wildman–Crippen LogP) is 6.83. The van der Waals surface area contributed by atoms with Crippen LogP contribution in [0.1, 0.15) is 106 Å². The number of carbonyl (C=O) groups excluding carboxylic acids is 1. The van der Waals surface area contributed by atoms with E-state index in [1.165, 1.54) is 51.4 Å². The van der Waals surface area contributed by atoms with E-state index in [0.29, 0.717) is 22.8 Å². The third-order valence-electron chi connectivity index (χ3n) is 10.7. The van der Waals surface area contributed by atoms with Gasteiger partial charge in [-0.25, -0.2) is 0 Å². The Bertz CT molecular complexity index is 614. The molecule has 0 bridgehead atoms. The van der Waals surface area contributed by atoms with Crippen LogP contribution in [0, 0.1) is 52.3 Å². The molecule has 1 saturated heterocycles. The standard InChI is InChI=1S/C27H47NO/c1-17(2)8-7-9-18(3)20-10-11-21-25-19(4)16-23-27(6,15-13-24(29)28-23)22(25)12-14-26(20,21)5/h17-23,25H,7-16H2,1-6H3,(H,28,29). The smallest absolute Gasteiger partial charge is 0.220 e. The minimum atomic E-state index is 0.301. The van der Waals surface area contributed by atoms with Crippen molar-refractivity contribution in [1.82, 2.24) is 5.32 Å². The second-order valence-corrected chi connectivity index (χ2v) is 12.7. The van der Waals surface area contributed by atoms with Crippen LogP contribution in [-0.2, 0) is 4.79 Å². The van der Waals surface area contributed by atoms with Gasteiger partial charge in [-0.15, -0.1) is 0 Å². The quantitative estimate of drug-likeness (QED) is 0.537. The lowest BCUT2D eigenvalue weighted by Crippen LogP contribution is -2.63. The molecule has 3 saturated carbocycles. The van der Waals surface area contributed by atoms with Gasteiger partial charge in [-0.2, -0.15) is 0 Å². The second kappa shape index (κ2) is 7.86. The highest BCUT2D eigenvalue weighted by atomic mass is 16.1. The fourth-order valence-electron chi connectivity index (χ4n) is 9.07. The molecule has 1 heterocycles. The Morgan fingerprint density at radius 1 is 1.00 bits per heavy atom. The zero-order valence-corrected chi connectivity index (χ0v) is 20.1. The van der Waals surface area contributed by atoms with E-state index >= 15 is 0 Å². The molecule has 9 atom stereocenters. The molecule has 166 valence electrons. The Balaban J connectivity index is 1.51. The van der Waals surface area contributed by atoms with Crippen molar-refractivity contribution in [2.45, 2.75) is 112 Å². The first kappa shape index (κ1) is 21.7. The average Bonchev–Trinajstić information content (AvgIpc) is 3.00. The van der Waals surface area contributed by atoms with Gasteiger partial charge in [-0.05, 0) is 90.8 Å². The number of rotatable bonds is 5. The summed E-state index contributed by atoms with van der Waals surface area (Å²) in [6.45, 7) is 15.0. The number of hydrogen-bond donors (Lipinski definition) is 1. The van der Waals surface area contributed by atoms with Crippen molar-refractivity contribution < 1.29 is 4.79 Å². The van der Waals surface area contributed by atoms with Gasteiger partial charge in [0.2, 0.25) is 5.91 Å². The van der Waals surface area contributed by atoms with E-state index in [1.807, 2.05) is 0 Å². The van der Waals surface area contributed by atoms with Crippen LogP contribution in [0.5, 0.6) is 0 Å². The van der Waals surface area contributed by atoms with Crippen molar-refractivity contribution in [2.75, 3.05) is 0 Å². The Morgan fingerprint density at radius 2 is 1.72 bits per heavy atom. The average molecular weight is 402 g/mol. The first-order valence-electron chi connectivity index (χ1n) is 13.0. The Labute approximate surface area is 180 Å². The normalized spacial score (nSPS) is 47.9. The highest BCUT2D eigenvalue weighted by Gasteiger charge is 2.62. The summed E-state index contributed by atoms with van der Waals surface area (Å²) >= 11 is 0. The minimum Gasteiger partial charge on any atom is -0.353 e. The Kier molecular flexibility index (Phi) is 5.88. The zero-order valence-electron chi connectivity index (χ0n) is 20.1. The van der Waals surface area contributed by atoms with Crippen LogP contribution in [0.2, 0.25) is 0 Å². The van der Waals surface area contributed by atoms with Gasteiger partial charge in [0.25, 0.3) is 0 Å². The summed E-state index contributed by atoms with van der Waals surface area (Å²) in [5.41, 5.74) is 0.904. The van der Waals surface area contributed by atoms with Crippen molar-refractivity contribution in [3.05, 3.63) is 0 Å². The maximum atomic E-state index is 12.1. The van der Waals surface area contributed by atoms with E-state index in [9.17, 15) is 4.79 Å². The number of fused-ring (bicyclic) bond motifs is 5. The summed E-state index contributed by atoms with van der Waals surface area (Å²) in [7, 11) is 0. The number of carbonyl (C=O) groups is 1. The first-order valence-corrected chi connectivity index (χ1v) is 13.0. The summed E-state index contributed by atoms with van der Waals surface area (Å²) < 4.78 is 0. The van der Waals surface area contributed by atoms with Gasteiger partial charge in [0.1, 0.15) is 0 Å². The number of hydrogen-bond acceptors (Lipinski definition) is 1. The summed E-state index contributed by atoms with van der Waals surface area (Å²) in [6.07, 6.45) is 13.1. The first-order chi connectivity index (χ1) is 13.7. The summed E-state index contributed by atoms with van der Waals surface area (Å²) in [5, 5.41) is 3.41. The molecule has 3 aliphatic carbocycles. The van der Waals surface area contributed by atoms with E-state index in [0.717, 1.165) is 54.3 Å². The molecule has 29 heavy (non-hydrogen) atoms. The van der Waals surface area contributed by atoms with Crippen molar-refractivity contribution in [1.29, 1.82) is 0 Å². The predicted molar refractivity (Wildman–Crippen MR) is 121 cm³/mol. The minimum absolute atomic E-state index is 0.301. The maximum Gasteiger partial charge on any atom is 0.220 e. The van der Waals surface area contributed by atoms with Crippen molar-refractivity contribution >= 4 is 5.91 Å². The molecule has 1 N–H and O–H groups in total. The molecular weight excluding hydrogens is 354 g/mol. The van der Waals surface area contributed by atoms with Crippen LogP contribution < -0.4 is 5.32 Å². The number of piperidine rings is 1. The lowest BCUT2D eigenvalue weighted by atomic mass is 9.44. The maximum absolute atomic E-state index is 12.1. The van der Waals surface area contributed by atoms with Gasteiger partial charge in [0, 0.05) is 12.5 Å². The highest BCUT2D eigenvalue weighted by molar-refractivity contribution is 5.77. The fraction of sp³-hybridized carbons (Fsp3) is 0.963. The van der Waals surface area contributed by atoms with Crippen LogP contribution in [0.4, 0.5) is 0 Å². The van der Waals surface area contributed by atoms with Crippen molar-refractivity contribution in [3.63, 3.8) is 0 Å². The van der Waals surface area contributed by atoms with Gasteiger partial charge in [0.05, 0.1) is 0 Å². The molecule has 4 aliphatic rings. The van der Waals surface area contributed by atoms with Gasteiger partial charge in [0.15, 0.2) is 0 Å². The van der Waals surface area contributed by atoms with Gasteiger partial charge in [-0.1, -0.05) is 60.8 Å². The second-order valence-electron chi connectivity index (χ2n) is 12.7. The van der Waals surface area contributed by atoms with Crippen molar-refractivity contribution in [2.24, 2.45) is 52.3 Å². The van der Waals surface area contributed by atoms with Crippen LogP contribution in [0.25, 0.3) is 0 Å². The molecule has 0 spiro atoms. The highest BCUT2D eigenvalue weighted by Crippen LogP contribution is 2.67. The largest absolute Gasteiger partial charge is 0.353 e. The van der Waals surface area contributed by atoms with Gasteiger partial charge >= 0.3 is 0 Å². The third kappa shape index (κ3) is 3.59. The molecule has 0 aromatic heterocycles. The summed E-state index contributed by atoms with van der Waals surface area (Å²) in [5.74, 6) is 6.36. The summed E-state index contributed by atoms with van der Waals surface area (Å²) in [6, 6.07) is 0.427. The van der Waals surface area contributed by atoms with Crippen LogP contribution in [-0.4, -0.2) is 11.9 Å². The number of amides is 1. The van der Waals surface area contributed by atoms with E-state index < -0.39 is 0 Å². The molecule has 2 nitrogen and oxygen atoms in total. The van der Waals surface area contributed by atoms with E-state index in [4.69, 9.17) is 0 Å². The monoisotopic (exact) mass is 401 g/mol. The van der Waals surface area contributed by atoms with E-state index in [-0.39, 0.29) is 0 Å². The molecule has 0 aromatic carbocycles. The van der Waals surface area contributed by atoms with Gasteiger partial charge < -0.3 is 5.32 Å². The molecule has 0 aromatic rings. The zero-order chi connectivity index (χ0) is 21.0. The topological polar surface area (TPSA) is 29.1 Å². The molecule has 9 unspecified atom stereocenters. The third-order valence-corrected chi connectivity index (χ3v) is 10.7. The molecule has 4 rings (SSSR count). The lowest BCUT2D eigenvalue weighted by Gasteiger charge is -2.62. The van der Waals surface area contributed by atoms with Crippen LogP contribution in [0.15, 0.2) is 0 Å². The van der Waals surface area contributed by atoms with Crippen LogP contribution in [0.3, 0.4) is 0 Å². The van der Waals surface area contributed by atoms with Crippen molar-refractivity contribution in [3.8, 4) is 0 Å². The van der Waals surface area contributed by atoms with E-state index in [1.54, 1.807) is 0 Å². The molecule has 1 aliphatic heterocycles. The van der Waals surface area contributed by atoms with E-state index in [2.05, 4.69) is 46.9 Å². The van der Waals surface area contributed by atoms with Gasteiger partial charge in [-0.3, -0.25) is 4.79 Å². The SMILES string of the molecule is CC(C)CCCC(C)C1CCC2C3C(C)CC4NC(=O)CCC4(C)C3CCC12C. The Morgan fingerprint density at radius 3 is 2.45 bits per heavy atom. The summed E-state index contributed by atoms with van der Waals surface area (Å²) in [4.78, 5) is 12.1. The molecule has 1 amide bonds. The van der Waals surface area contributed by atoms with Crippen LogP contribution >= 0.6 is 0 Å². The lowest BCUT2D eigenvalue weighted by molar-refractivity contribution is -0.144. The molecule has 4 fully saturated rings. The molecular formula is C27H47NO. The fourth-order valence-corrected chi connectivity index (χ4v) is 9.07. The molecule has 2 heteroatoms. The number of nitrogens with one attached hydrogen (secondary N) is 1.